The lowest BCUT2D eigenvalue weighted by atomic mass is 10.1. The first-order valence-electron chi connectivity index (χ1n) is 6.87. The highest BCUT2D eigenvalue weighted by molar-refractivity contribution is 5.87. The van der Waals surface area contributed by atoms with Gasteiger partial charge >= 0.3 is 0 Å². The molecule has 2 aromatic carbocycles. The number of aromatic carboxylic acids is 1. The van der Waals surface area contributed by atoms with Crippen molar-refractivity contribution in [2.45, 2.75) is 20.4 Å². The Balaban J connectivity index is 2.05. The summed E-state index contributed by atoms with van der Waals surface area (Å²) >= 11 is 0. The molecule has 1 N–H and O–H groups in total. The van der Waals surface area contributed by atoms with Gasteiger partial charge < -0.3 is 20.0 Å². The zero-order valence-electron chi connectivity index (χ0n) is 12.2. The molecule has 0 spiro atoms. The highest BCUT2D eigenvalue weighted by atomic mass is 16.5. The van der Waals surface area contributed by atoms with Crippen LogP contribution in [-0.2, 0) is 6.54 Å². The van der Waals surface area contributed by atoms with Crippen LogP contribution in [0.3, 0.4) is 0 Å². The largest absolute Gasteiger partial charge is 0.545 e. The smallest absolute Gasteiger partial charge is 0.119 e. The number of carbonyl (C=O) groups is 1. The Morgan fingerprint density at radius 3 is 2.52 bits per heavy atom. The maximum Gasteiger partial charge on any atom is 0.119 e. The van der Waals surface area contributed by atoms with E-state index in [4.69, 9.17) is 4.74 Å². The number of anilines is 1. The Hall–Kier alpha value is -2.49. The molecule has 2 aromatic rings. The fourth-order valence-corrected chi connectivity index (χ4v) is 2.01. The van der Waals surface area contributed by atoms with Crippen LogP contribution in [0, 0.1) is 6.92 Å². The first-order valence-corrected chi connectivity index (χ1v) is 6.87. The highest BCUT2D eigenvalue weighted by Gasteiger charge is 2.02. The summed E-state index contributed by atoms with van der Waals surface area (Å²) in [7, 11) is 0. The van der Waals surface area contributed by atoms with Gasteiger partial charge in [-0.15, -0.1) is 0 Å². The topological polar surface area (TPSA) is 61.4 Å². The number of aryl methyl sites for hydroxylation is 1. The number of benzene rings is 2. The summed E-state index contributed by atoms with van der Waals surface area (Å²) in [4.78, 5) is 10.9. The number of carbonyl (C=O) groups excluding carboxylic acids is 1. The lowest BCUT2D eigenvalue weighted by Crippen LogP contribution is -2.22. The van der Waals surface area contributed by atoms with Crippen LogP contribution >= 0.6 is 0 Å². The Bertz CT molecular complexity index is 620. The van der Waals surface area contributed by atoms with Gasteiger partial charge in [-0.2, -0.15) is 0 Å². The summed E-state index contributed by atoms with van der Waals surface area (Å²) in [6.07, 6.45) is 0. The van der Waals surface area contributed by atoms with E-state index in [0.29, 0.717) is 13.2 Å². The third-order valence-corrected chi connectivity index (χ3v) is 3.19. The van der Waals surface area contributed by atoms with Crippen molar-refractivity contribution in [1.29, 1.82) is 0 Å². The molecule has 4 heteroatoms. The molecule has 0 fully saturated rings. The van der Waals surface area contributed by atoms with Crippen molar-refractivity contribution in [2.75, 3.05) is 11.9 Å². The van der Waals surface area contributed by atoms with Crippen molar-refractivity contribution in [1.82, 2.24) is 0 Å². The summed E-state index contributed by atoms with van der Waals surface area (Å²) < 4.78 is 5.39. The van der Waals surface area contributed by atoms with Crippen molar-refractivity contribution >= 4 is 11.7 Å². The number of hydrogen-bond acceptors (Lipinski definition) is 4. The Morgan fingerprint density at radius 2 is 1.90 bits per heavy atom. The van der Waals surface area contributed by atoms with Gasteiger partial charge in [0.15, 0.2) is 0 Å². The second kappa shape index (κ2) is 6.79. The van der Waals surface area contributed by atoms with Gasteiger partial charge in [0, 0.05) is 12.2 Å². The van der Waals surface area contributed by atoms with E-state index in [1.807, 2.05) is 38.1 Å². The maximum absolute atomic E-state index is 10.9. The predicted octanol–water partition coefficient (Wildman–Crippen LogP) is 2.37. The predicted molar refractivity (Wildman–Crippen MR) is 80.4 cm³/mol. The van der Waals surface area contributed by atoms with Crippen LogP contribution in [-0.4, -0.2) is 12.6 Å². The Morgan fingerprint density at radius 1 is 1.19 bits per heavy atom. The summed E-state index contributed by atoms with van der Waals surface area (Å²) in [5.41, 5.74) is 3.06. The summed E-state index contributed by atoms with van der Waals surface area (Å²) in [6.45, 7) is 5.14. The van der Waals surface area contributed by atoms with Crippen molar-refractivity contribution in [3.05, 3.63) is 59.2 Å². The fourth-order valence-electron chi connectivity index (χ4n) is 2.01. The quantitative estimate of drug-likeness (QED) is 0.884. The SMILES string of the molecule is CCOc1ccc(CNc2cc(C(=O)[O-])ccc2C)cc1. The molecule has 0 atom stereocenters. The van der Waals surface area contributed by atoms with E-state index in [1.165, 1.54) is 0 Å². The van der Waals surface area contributed by atoms with Crippen LogP contribution in [0.15, 0.2) is 42.5 Å². The van der Waals surface area contributed by atoms with Crippen LogP contribution < -0.4 is 15.2 Å². The molecular formula is C17H18NO3-. The molecule has 0 saturated heterocycles. The second-order valence-electron chi connectivity index (χ2n) is 4.75. The molecule has 0 heterocycles. The monoisotopic (exact) mass is 284 g/mol. The Kier molecular flexibility index (Phi) is 4.82. The van der Waals surface area contributed by atoms with Crippen molar-refractivity contribution in [3.63, 3.8) is 0 Å². The molecule has 0 saturated carbocycles. The van der Waals surface area contributed by atoms with E-state index in [-0.39, 0.29) is 5.56 Å². The molecule has 0 radical (unpaired) electrons. The van der Waals surface area contributed by atoms with Gasteiger partial charge in [-0.25, -0.2) is 0 Å². The number of rotatable bonds is 6. The first-order chi connectivity index (χ1) is 10.1. The van der Waals surface area contributed by atoms with Crippen LogP contribution in [0.1, 0.15) is 28.4 Å². The van der Waals surface area contributed by atoms with E-state index >= 15 is 0 Å². The lowest BCUT2D eigenvalue weighted by molar-refractivity contribution is -0.255. The minimum Gasteiger partial charge on any atom is -0.545 e. The zero-order valence-corrected chi connectivity index (χ0v) is 12.2. The van der Waals surface area contributed by atoms with Crippen molar-refractivity contribution < 1.29 is 14.6 Å². The number of carboxylic acid groups (broad SMARTS) is 1. The van der Waals surface area contributed by atoms with Gasteiger partial charge in [-0.05, 0) is 48.7 Å². The van der Waals surface area contributed by atoms with Gasteiger partial charge in [0.2, 0.25) is 0 Å². The minimum atomic E-state index is -1.17. The van der Waals surface area contributed by atoms with E-state index in [0.717, 1.165) is 22.6 Å². The molecule has 0 aliphatic rings. The van der Waals surface area contributed by atoms with Gasteiger partial charge in [0.05, 0.1) is 12.6 Å². The molecule has 0 amide bonds. The molecule has 21 heavy (non-hydrogen) atoms. The molecule has 110 valence electrons. The van der Waals surface area contributed by atoms with E-state index in [9.17, 15) is 9.90 Å². The fraction of sp³-hybridized carbons (Fsp3) is 0.235. The standard InChI is InChI=1S/C17H19NO3/c1-3-21-15-8-5-13(6-9-15)11-18-16-10-14(17(19)20)7-4-12(16)2/h4-10,18H,3,11H2,1-2H3,(H,19,20)/p-1. The lowest BCUT2D eigenvalue weighted by Gasteiger charge is -2.12. The van der Waals surface area contributed by atoms with Gasteiger partial charge in [-0.1, -0.05) is 24.3 Å². The summed E-state index contributed by atoms with van der Waals surface area (Å²) in [6, 6.07) is 12.7. The Labute approximate surface area is 124 Å². The molecule has 0 aliphatic carbocycles. The van der Waals surface area contributed by atoms with Gasteiger partial charge in [-0.3, -0.25) is 0 Å². The van der Waals surface area contributed by atoms with Crippen molar-refractivity contribution in [2.24, 2.45) is 0 Å². The minimum absolute atomic E-state index is 0.176. The van der Waals surface area contributed by atoms with Crippen LogP contribution in [0.4, 0.5) is 5.69 Å². The highest BCUT2D eigenvalue weighted by Crippen LogP contribution is 2.18. The number of hydrogen-bond donors (Lipinski definition) is 1. The molecule has 0 bridgehead atoms. The van der Waals surface area contributed by atoms with Crippen molar-refractivity contribution in [3.8, 4) is 5.75 Å². The van der Waals surface area contributed by atoms with Crippen LogP contribution in [0.2, 0.25) is 0 Å². The average Bonchev–Trinajstić information content (AvgIpc) is 2.48. The first kappa shape index (κ1) is 14.9. The van der Waals surface area contributed by atoms with Gasteiger partial charge in [0.1, 0.15) is 5.75 Å². The summed E-state index contributed by atoms with van der Waals surface area (Å²) in [5, 5.41) is 14.1. The third kappa shape index (κ3) is 3.99. The van der Waals surface area contributed by atoms with Gasteiger partial charge in [0.25, 0.3) is 0 Å². The average molecular weight is 284 g/mol. The normalized spacial score (nSPS) is 10.2. The molecule has 2 rings (SSSR count). The maximum atomic E-state index is 10.9. The number of carboxylic acids is 1. The third-order valence-electron chi connectivity index (χ3n) is 3.19. The molecule has 0 aliphatic heterocycles. The van der Waals surface area contributed by atoms with Crippen LogP contribution in [0.25, 0.3) is 0 Å². The number of ether oxygens (including phenoxy) is 1. The second-order valence-corrected chi connectivity index (χ2v) is 4.75. The van der Waals surface area contributed by atoms with E-state index in [1.54, 1.807) is 18.2 Å². The van der Waals surface area contributed by atoms with E-state index < -0.39 is 5.97 Å². The zero-order chi connectivity index (χ0) is 15.2. The molecule has 0 aromatic heterocycles. The molecular weight excluding hydrogens is 266 g/mol. The summed E-state index contributed by atoms with van der Waals surface area (Å²) in [5.74, 6) is -0.324. The molecule has 0 unspecified atom stereocenters. The van der Waals surface area contributed by atoms with E-state index in [2.05, 4.69) is 5.32 Å². The molecule has 4 nitrogen and oxygen atoms in total. The number of nitrogens with one attached hydrogen (secondary N) is 1. The van der Waals surface area contributed by atoms with Crippen LogP contribution in [0.5, 0.6) is 5.75 Å².